The Morgan fingerprint density at radius 3 is 2.04 bits per heavy atom. The summed E-state index contributed by atoms with van der Waals surface area (Å²) in [6.07, 6.45) is 8.93. The first-order chi connectivity index (χ1) is 10.9. The van der Waals surface area contributed by atoms with E-state index < -0.39 is 0 Å². The van der Waals surface area contributed by atoms with Crippen molar-refractivity contribution in [3.63, 3.8) is 0 Å². The van der Waals surface area contributed by atoms with Crippen molar-refractivity contribution in [2.75, 3.05) is 5.32 Å². The second-order valence-electron chi connectivity index (χ2n) is 8.56. The minimum absolute atomic E-state index is 0.223. The molecule has 0 heterocycles. The van der Waals surface area contributed by atoms with E-state index in [0.717, 1.165) is 45.5 Å². The lowest BCUT2D eigenvalue weighted by Crippen LogP contribution is -2.47. The van der Waals surface area contributed by atoms with Crippen LogP contribution >= 0.6 is 15.9 Å². The van der Waals surface area contributed by atoms with E-state index in [0.29, 0.717) is 5.41 Å². The Morgan fingerprint density at radius 1 is 1.09 bits per heavy atom. The minimum atomic E-state index is 0.223. The zero-order chi connectivity index (χ0) is 16.2. The molecule has 124 valence electrons. The summed E-state index contributed by atoms with van der Waals surface area (Å²) < 4.78 is 1.08. The Hall–Kier alpha value is -0.830. The van der Waals surface area contributed by atoms with Gasteiger partial charge in [-0.3, -0.25) is 4.79 Å². The molecule has 0 saturated heterocycles. The summed E-state index contributed by atoms with van der Waals surface area (Å²) in [6.45, 7) is 4.14. The lowest BCUT2D eigenvalue weighted by molar-refractivity contribution is -0.124. The number of nitrogens with one attached hydrogen (secondary N) is 1. The number of rotatable bonds is 3. The number of carbonyl (C=O) groups is 1. The van der Waals surface area contributed by atoms with Gasteiger partial charge >= 0.3 is 0 Å². The molecule has 5 rings (SSSR count). The summed E-state index contributed by atoms with van der Waals surface area (Å²) in [4.78, 5) is 12.8. The van der Waals surface area contributed by atoms with Crippen LogP contribution in [0.25, 0.3) is 0 Å². The van der Waals surface area contributed by atoms with Gasteiger partial charge in [0.15, 0.2) is 0 Å². The number of amides is 1. The fourth-order valence-electron chi connectivity index (χ4n) is 6.14. The van der Waals surface area contributed by atoms with E-state index >= 15 is 0 Å². The highest BCUT2D eigenvalue weighted by Crippen LogP contribution is 2.61. The van der Waals surface area contributed by atoms with Crippen LogP contribution in [0.5, 0.6) is 0 Å². The second kappa shape index (κ2) is 5.61. The molecule has 3 heteroatoms. The Balaban J connectivity index is 1.49. The number of anilines is 1. The van der Waals surface area contributed by atoms with Crippen LogP contribution in [0.1, 0.15) is 56.1 Å². The quantitative estimate of drug-likeness (QED) is 0.730. The fourth-order valence-corrected chi connectivity index (χ4v) is 6.83. The van der Waals surface area contributed by atoms with Crippen molar-refractivity contribution in [3.8, 4) is 0 Å². The van der Waals surface area contributed by atoms with E-state index in [1.165, 1.54) is 38.5 Å². The van der Waals surface area contributed by atoms with E-state index in [2.05, 4.69) is 47.2 Å². The molecule has 1 amide bonds. The number of aryl methyl sites for hydroxylation is 2. The number of hydrogen-bond donors (Lipinski definition) is 1. The van der Waals surface area contributed by atoms with E-state index in [9.17, 15) is 4.79 Å². The van der Waals surface area contributed by atoms with Crippen LogP contribution in [0.2, 0.25) is 0 Å². The van der Waals surface area contributed by atoms with Crippen LogP contribution in [-0.4, -0.2) is 5.91 Å². The molecule has 0 aromatic heterocycles. The van der Waals surface area contributed by atoms with Crippen molar-refractivity contribution >= 4 is 27.5 Å². The van der Waals surface area contributed by atoms with Gasteiger partial charge in [-0.15, -0.1) is 0 Å². The average molecular weight is 376 g/mol. The van der Waals surface area contributed by atoms with Crippen molar-refractivity contribution < 1.29 is 4.79 Å². The van der Waals surface area contributed by atoms with Crippen LogP contribution < -0.4 is 5.32 Å². The third-order valence-electron chi connectivity index (χ3n) is 6.46. The number of carbonyl (C=O) groups excluding carboxylic acids is 1. The maximum atomic E-state index is 12.8. The molecule has 2 nitrogen and oxygen atoms in total. The first-order valence-corrected chi connectivity index (χ1v) is 9.78. The van der Waals surface area contributed by atoms with Crippen LogP contribution in [-0.2, 0) is 4.79 Å². The molecular formula is C20H26BrNO. The number of benzene rings is 1. The highest BCUT2D eigenvalue weighted by Gasteiger charge is 2.51. The Bertz CT molecular complexity index is 593. The van der Waals surface area contributed by atoms with Gasteiger partial charge in [0, 0.05) is 16.6 Å². The molecule has 4 aliphatic rings. The van der Waals surface area contributed by atoms with E-state index in [1.54, 1.807) is 0 Å². The fraction of sp³-hybridized carbons (Fsp3) is 0.650. The van der Waals surface area contributed by atoms with E-state index in [4.69, 9.17) is 0 Å². The Kier molecular flexibility index (Phi) is 3.83. The third-order valence-corrected chi connectivity index (χ3v) is 6.92. The van der Waals surface area contributed by atoms with Gasteiger partial charge in [-0.05, 0) is 98.8 Å². The molecular weight excluding hydrogens is 350 g/mol. The molecule has 0 atom stereocenters. The first-order valence-electron chi connectivity index (χ1n) is 8.99. The summed E-state index contributed by atoms with van der Waals surface area (Å²) >= 11 is 3.53. The molecule has 0 aliphatic heterocycles. The largest absolute Gasteiger partial charge is 0.326 e. The zero-order valence-electron chi connectivity index (χ0n) is 14.1. The molecule has 4 aliphatic carbocycles. The van der Waals surface area contributed by atoms with Crippen molar-refractivity contribution in [3.05, 3.63) is 27.7 Å². The molecule has 4 bridgehead atoms. The van der Waals surface area contributed by atoms with Crippen LogP contribution in [0, 0.1) is 37.0 Å². The van der Waals surface area contributed by atoms with Crippen molar-refractivity contribution in [1.29, 1.82) is 0 Å². The molecule has 4 fully saturated rings. The number of hydrogen-bond acceptors (Lipinski definition) is 1. The molecule has 0 unspecified atom stereocenters. The van der Waals surface area contributed by atoms with Gasteiger partial charge in [0.05, 0.1) is 0 Å². The highest BCUT2D eigenvalue weighted by molar-refractivity contribution is 9.10. The zero-order valence-corrected chi connectivity index (χ0v) is 15.7. The Morgan fingerprint density at radius 2 is 1.57 bits per heavy atom. The third kappa shape index (κ3) is 2.97. The molecule has 1 aromatic carbocycles. The van der Waals surface area contributed by atoms with Crippen molar-refractivity contribution in [2.24, 2.45) is 23.2 Å². The van der Waals surface area contributed by atoms with Crippen LogP contribution in [0.3, 0.4) is 0 Å². The maximum Gasteiger partial charge on any atom is 0.224 e. The minimum Gasteiger partial charge on any atom is -0.326 e. The van der Waals surface area contributed by atoms with Crippen LogP contribution in [0.4, 0.5) is 5.69 Å². The molecule has 0 spiro atoms. The maximum absolute atomic E-state index is 12.8. The summed E-state index contributed by atoms with van der Waals surface area (Å²) in [5, 5.41) is 3.22. The van der Waals surface area contributed by atoms with Gasteiger partial charge in [-0.1, -0.05) is 15.9 Å². The first kappa shape index (κ1) is 15.7. The lowest BCUT2D eigenvalue weighted by Gasteiger charge is -2.56. The second-order valence-corrected chi connectivity index (χ2v) is 9.47. The molecule has 1 aromatic rings. The van der Waals surface area contributed by atoms with Crippen molar-refractivity contribution in [1.82, 2.24) is 0 Å². The SMILES string of the molecule is Cc1cc(Br)cc(C)c1NC(=O)CC12CC3CC(CC(C3)C1)C2. The predicted octanol–water partition coefficient (Wildman–Crippen LogP) is 5.61. The summed E-state index contributed by atoms with van der Waals surface area (Å²) in [5.41, 5.74) is 3.59. The van der Waals surface area contributed by atoms with Crippen LogP contribution in [0.15, 0.2) is 16.6 Å². The Labute approximate surface area is 147 Å². The van der Waals surface area contributed by atoms with Gasteiger partial charge in [-0.2, -0.15) is 0 Å². The normalized spacial score (nSPS) is 34.7. The van der Waals surface area contributed by atoms with Crippen molar-refractivity contribution in [2.45, 2.75) is 58.8 Å². The summed E-state index contributed by atoms with van der Waals surface area (Å²) in [7, 11) is 0. The van der Waals surface area contributed by atoms with Gasteiger partial charge in [0.25, 0.3) is 0 Å². The van der Waals surface area contributed by atoms with Gasteiger partial charge < -0.3 is 5.32 Å². The molecule has 23 heavy (non-hydrogen) atoms. The summed E-state index contributed by atoms with van der Waals surface area (Å²) in [5.74, 6) is 2.95. The summed E-state index contributed by atoms with van der Waals surface area (Å²) in [6, 6.07) is 4.15. The average Bonchev–Trinajstić information content (AvgIpc) is 2.40. The van der Waals surface area contributed by atoms with E-state index in [1.807, 2.05) is 0 Å². The topological polar surface area (TPSA) is 29.1 Å². The van der Waals surface area contributed by atoms with Gasteiger partial charge in [0.2, 0.25) is 5.91 Å². The molecule has 0 radical (unpaired) electrons. The highest BCUT2D eigenvalue weighted by atomic mass is 79.9. The standard InChI is InChI=1S/C20H26BrNO/c1-12-3-17(21)4-13(2)19(12)22-18(23)11-20-8-14-5-15(9-20)7-16(6-14)10-20/h3-4,14-16H,5-11H2,1-2H3,(H,22,23). The van der Waals surface area contributed by atoms with Gasteiger partial charge in [-0.25, -0.2) is 0 Å². The van der Waals surface area contributed by atoms with Gasteiger partial charge in [0.1, 0.15) is 0 Å². The smallest absolute Gasteiger partial charge is 0.224 e. The van der Waals surface area contributed by atoms with E-state index in [-0.39, 0.29) is 5.91 Å². The monoisotopic (exact) mass is 375 g/mol. The number of halogens is 1. The molecule has 1 N–H and O–H groups in total. The predicted molar refractivity (Wildman–Crippen MR) is 97.5 cm³/mol. The molecule has 4 saturated carbocycles. The lowest BCUT2D eigenvalue weighted by atomic mass is 9.49.